The number of aryl methyl sites for hydroxylation is 1. The second-order valence-corrected chi connectivity index (χ2v) is 6.73. The zero-order valence-corrected chi connectivity index (χ0v) is 17.3. The Morgan fingerprint density at radius 1 is 1.03 bits per heavy atom. The molecule has 2 rings (SSSR count). The number of allylic oxidation sites excluding steroid dienone is 1. The van der Waals surface area contributed by atoms with Gasteiger partial charge in [-0.2, -0.15) is 0 Å². The minimum Gasteiger partial charge on any atom is -0.486 e. The molecule has 1 aromatic heterocycles. The number of ketones is 1. The van der Waals surface area contributed by atoms with Gasteiger partial charge in [-0.3, -0.25) is 14.4 Å². The molecule has 0 bridgehead atoms. The molecule has 0 unspecified atom stereocenters. The molecule has 1 aromatic carbocycles. The molecule has 0 aliphatic heterocycles. The van der Waals surface area contributed by atoms with E-state index in [0.717, 1.165) is 12.0 Å². The summed E-state index contributed by atoms with van der Waals surface area (Å²) in [5, 5.41) is 0. The highest BCUT2D eigenvalue weighted by Gasteiger charge is 2.09. The Hall–Kier alpha value is -3.15. The number of unbranched alkanes of at least 4 members (excludes halogenated alkanes) is 2. The van der Waals surface area contributed by atoms with Crippen molar-refractivity contribution < 1.29 is 23.5 Å². The molecule has 6 heteroatoms. The molecular weight excluding hydrogens is 384 g/mol. The summed E-state index contributed by atoms with van der Waals surface area (Å²) < 4.78 is 15.8. The van der Waals surface area contributed by atoms with E-state index in [1.165, 1.54) is 24.5 Å². The van der Waals surface area contributed by atoms with E-state index in [4.69, 9.17) is 13.9 Å². The second-order valence-electron chi connectivity index (χ2n) is 6.73. The third-order valence-corrected chi connectivity index (χ3v) is 4.36. The first kappa shape index (κ1) is 23.1. The Balaban J connectivity index is 1.82. The number of ether oxygens (including phenoxy) is 2. The summed E-state index contributed by atoms with van der Waals surface area (Å²) in [5.41, 5.74) is 0.793. The third kappa shape index (κ3) is 8.47. The van der Waals surface area contributed by atoms with Crippen LogP contribution in [0.4, 0.5) is 0 Å². The van der Waals surface area contributed by atoms with Gasteiger partial charge in [-0.1, -0.05) is 30.3 Å². The average molecular weight is 412 g/mol. The minimum atomic E-state index is -0.302. The minimum absolute atomic E-state index is 0.0599. The standard InChI is InChI=1S/C24H28O6/c1-2-28-23(27)11-7-4-8-17-30-24-21(26)16-18-29-22(24)15-14-20(25)13-12-19-9-5-3-6-10-19/h3,5-6,9-10,14-16,18H,2,4,7-8,11-13,17H2,1H3. The molecule has 0 spiro atoms. The van der Waals surface area contributed by atoms with Gasteiger partial charge in [-0.15, -0.1) is 0 Å². The monoisotopic (exact) mass is 412 g/mol. The fourth-order valence-electron chi connectivity index (χ4n) is 2.80. The van der Waals surface area contributed by atoms with E-state index in [0.29, 0.717) is 45.3 Å². The fraction of sp³-hybridized carbons (Fsp3) is 0.375. The van der Waals surface area contributed by atoms with Crippen molar-refractivity contribution in [2.24, 2.45) is 0 Å². The van der Waals surface area contributed by atoms with E-state index in [2.05, 4.69) is 0 Å². The maximum Gasteiger partial charge on any atom is 0.305 e. The Kier molecular flexibility index (Phi) is 10.1. The maximum absolute atomic E-state index is 12.1. The maximum atomic E-state index is 12.1. The van der Waals surface area contributed by atoms with Gasteiger partial charge in [-0.25, -0.2) is 0 Å². The predicted molar refractivity (Wildman–Crippen MR) is 114 cm³/mol. The van der Waals surface area contributed by atoms with Gasteiger partial charge in [0, 0.05) is 18.9 Å². The number of hydrogen-bond donors (Lipinski definition) is 0. The number of carbonyl (C=O) groups excluding carboxylic acids is 2. The third-order valence-electron chi connectivity index (χ3n) is 4.36. The van der Waals surface area contributed by atoms with Gasteiger partial charge in [0.05, 0.1) is 19.5 Å². The molecule has 30 heavy (non-hydrogen) atoms. The molecule has 1 heterocycles. The first-order valence-corrected chi connectivity index (χ1v) is 10.2. The number of rotatable bonds is 13. The van der Waals surface area contributed by atoms with Crippen LogP contribution in [0.15, 0.2) is 57.9 Å². The van der Waals surface area contributed by atoms with Crippen LogP contribution in [0.1, 0.15) is 50.4 Å². The van der Waals surface area contributed by atoms with E-state index >= 15 is 0 Å². The highest BCUT2D eigenvalue weighted by Crippen LogP contribution is 2.16. The van der Waals surface area contributed by atoms with Crippen molar-refractivity contribution in [2.75, 3.05) is 13.2 Å². The molecule has 0 saturated carbocycles. The number of hydrogen-bond acceptors (Lipinski definition) is 6. The SMILES string of the molecule is CCOC(=O)CCCCCOc1c(C=CC(=O)CCc2ccccc2)occc1=O. The van der Waals surface area contributed by atoms with Crippen LogP contribution in [0.25, 0.3) is 6.08 Å². The van der Waals surface area contributed by atoms with Crippen LogP contribution < -0.4 is 10.2 Å². The highest BCUT2D eigenvalue weighted by molar-refractivity contribution is 5.93. The Morgan fingerprint density at radius 3 is 2.60 bits per heavy atom. The lowest BCUT2D eigenvalue weighted by atomic mass is 10.1. The van der Waals surface area contributed by atoms with E-state index in [-0.39, 0.29) is 28.7 Å². The van der Waals surface area contributed by atoms with Crippen LogP contribution >= 0.6 is 0 Å². The normalized spacial score (nSPS) is 10.8. The van der Waals surface area contributed by atoms with Crippen molar-refractivity contribution in [1.29, 1.82) is 0 Å². The molecule has 0 radical (unpaired) electrons. The number of carbonyl (C=O) groups is 2. The lowest BCUT2D eigenvalue weighted by Gasteiger charge is -2.07. The van der Waals surface area contributed by atoms with Gasteiger partial charge in [0.25, 0.3) is 0 Å². The molecule has 0 atom stereocenters. The van der Waals surface area contributed by atoms with Crippen molar-refractivity contribution in [2.45, 2.75) is 45.4 Å². The van der Waals surface area contributed by atoms with Gasteiger partial charge in [0.1, 0.15) is 0 Å². The second kappa shape index (κ2) is 13.1. The lowest BCUT2D eigenvalue weighted by molar-refractivity contribution is -0.143. The summed E-state index contributed by atoms with van der Waals surface area (Å²) in [6.07, 6.45) is 7.73. The van der Waals surface area contributed by atoms with Crippen molar-refractivity contribution >= 4 is 17.8 Å². The van der Waals surface area contributed by atoms with Gasteiger partial charge in [0.2, 0.25) is 11.2 Å². The van der Waals surface area contributed by atoms with Gasteiger partial charge < -0.3 is 13.9 Å². The quantitative estimate of drug-likeness (QED) is 0.276. The van der Waals surface area contributed by atoms with Crippen LogP contribution in [0, 0.1) is 0 Å². The molecule has 160 valence electrons. The number of esters is 1. The fourth-order valence-corrected chi connectivity index (χ4v) is 2.80. The lowest BCUT2D eigenvalue weighted by Crippen LogP contribution is -2.10. The van der Waals surface area contributed by atoms with Crippen LogP contribution in [0.2, 0.25) is 0 Å². The summed E-state index contributed by atoms with van der Waals surface area (Å²) in [5.74, 6) is 0.0545. The summed E-state index contributed by atoms with van der Waals surface area (Å²) in [4.78, 5) is 35.5. The van der Waals surface area contributed by atoms with E-state index < -0.39 is 0 Å². The molecule has 6 nitrogen and oxygen atoms in total. The van der Waals surface area contributed by atoms with Crippen LogP contribution in [-0.4, -0.2) is 25.0 Å². The molecule has 0 aliphatic carbocycles. The van der Waals surface area contributed by atoms with Crippen molar-refractivity contribution in [3.8, 4) is 5.75 Å². The summed E-state index contributed by atoms with van der Waals surface area (Å²) in [6, 6.07) is 11.1. The molecule has 0 saturated heterocycles. The zero-order chi connectivity index (χ0) is 21.6. The smallest absolute Gasteiger partial charge is 0.305 e. The topological polar surface area (TPSA) is 82.8 Å². The molecule has 0 fully saturated rings. The largest absolute Gasteiger partial charge is 0.486 e. The molecule has 0 N–H and O–H groups in total. The van der Waals surface area contributed by atoms with E-state index in [9.17, 15) is 14.4 Å². The molecule has 2 aromatic rings. The molecule has 0 aliphatic rings. The van der Waals surface area contributed by atoms with Gasteiger partial charge >= 0.3 is 5.97 Å². The van der Waals surface area contributed by atoms with Crippen LogP contribution in [0.5, 0.6) is 5.75 Å². The van der Waals surface area contributed by atoms with E-state index in [1.54, 1.807) is 6.92 Å². The van der Waals surface area contributed by atoms with Crippen molar-refractivity contribution in [1.82, 2.24) is 0 Å². The summed E-state index contributed by atoms with van der Waals surface area (Å²) in [6.45, 7) is 2.48. The number of benzene rings is 1. The Labute approximate surface area is 176 Å². The summed E-state index contributed by atoms with van der Waals surface area (Å²) in [7, 11) is 0. The Bertz CT molecular complexity index is 882. The average Bonchev–Trinajstić information content (AvgIpc) is 2.75. The first-order valence-electron chi connectivity index (χ1n) is 10.2. The van der Waals surface area contributed by atoms with E-state index in [1.807, 2.05) is 30.3 Å². The molecular formula is C24H28O6. The predicted octanol–water partition coefficient (Wildman–Crippen LogP) is 4.36. The molecule has 0 amide bonds. The van der Waals surface area contributed by atoms with Crippen LogP contribution in [0.3, 0.4) is 0 Å². The zero-order valence-electron chi connectivity index (χ0n) is 17.3. The van der Waals surface area contributed by atoms with Crippen molar-refractivity contribution in [3.63, 3.8) is 0 Å². The first-order chi connectivity index (χ1) is 14.6. The van der Waals surface area contributed by atoms with Gasteiger partial charge in [0.15, 0.2) is 11.5 Å². The summed E-state index contributed by atoms with van der Waals surface area (Å²) >= 11 is 0. The highest BCUT2D eigenvalue weighted by atomic mass is 16.5. The van der Waals surface area contributed by atoms with Crippen LogP contribution in [-0.2, 0) is 20.7 Å². The Morgan fingerprint density at radius 2 is 1.83 bits per heavy atom. The van der Waals surface area contributed by atoms with Gasteiger partial charge in [-0.05, 0) is 50.3 Å². The van der Waals surface area contributed by atoms with Crippen molar-refractivity contribution in [3.05, 3.63) is 70.3 Å².